The monoisotopic (exact) mass is 554 g/mol. The minimum atomic E-state index is -0.256. The van der Waals surface area contributed by atoms with Crippen LogP contribution in [0.25, 0.3) is 22.1 Å². The van der Waals surface area contributed by atoms with Crippen LogP contribution >= 0.6 is 23.2 Å². The van der Waals surface area contributed by atoms with Gasteiger partial charge in [-0.2, -0.15) is 0 Å². The molecule has 196 valence electrons. The summed E-state index contributed by atoms with van der Waals surface area (Å²) in [6, 6.07) is 8.25. The third kappa shape index (κ3) is 4.09. The number of hydrogen-bond acceptors (Lipinski definition) is 8. The smallest absolute Gasteiger partial charge is 0.253 e. The lowest BCUT2D eigenvalue weighted by molar-refractivity contribution is 0.0932. The second-order valence-electron chi connectivity index (χ2n) is 9.63. The normalized spacial score (nSPS) is 20.4. The Kier molecular flexibility index (Phi) is 6.25. The number of aliphatic hydroxyl groups is 1. The highest BCUT2D eigenvalue weighted by Crippen LogP contribution is 2.43. The molecule has 12 heteroatoms. The zero-order valence-electron chi connectivity index (χ0n) is 20.1. The quantitative estimate of drug-likeness (QED) is 0.329. The van der Waals surface area contributed by atoms with Gasteiger partial charge in [0.1, 0.15) is 0 Å². The lowest BCUT2D eigenvalue weighted by Gasteiger charge is -2.28. The average Bonchev–Trinajstić information content (AvgIpc) is 3.58. The molecule has 38 heavy (non-hydrogen) atoms. The Labute approximate surface area is 226 Å². The Balaban J connectivity index is 1.22. The van der Waals surface area contributed by atoms with E-state index in [1.165, 1.54) is 10.6 Å². The number of carbonyl (C=O) groups is 1. The van der Waals surface area contributed by atoms with Crippen LogP contribution in [-0.2, 0) is 6.54 Å². The van der Waals surface area contributed by atoms with Gasteiger partial charge in [-0.05, 0) is 48.1 Å². The minimum Gasteiger partial charge on any atom is -0.395 e. The van der Waals surface area contributed by atoms with Crippen LogP contribution in [0.4, 0.5) is 11.6 Å². The predicted molar refractivity (Wildman–Crippen MR) is 145 cm³/mol. The Morgan fingerprint density at radius 1 is 1.18 bits per heavy atom. The van der Waals surface area contributed by atoms with Crippen molar-refractivity contribution in [1.82, 2.24) is 20.0 Å². The fraction of sp³-hybridized carbons (Fsp3) is 0.308. The summed E-state index contributed by atoms with van der Waals surface area (Å²) in [5.41, 5.74) is 8.06. The zero-order valence-corrected chi connectivity index (χ0v) is 21.6. The Hall–Kier alpha value is -3.60. The summed E-state index contributed by atoms with van der Waals surface area (Å²) < 4.78 is 6.89. The number of halogens is 2. The number of nitrogens with zero attached hydrogens (tertiary/aromatic N) is 4. The van der Waals surface area contributed by atoms with Crippen molar-refractivity contribution >= 4 is 51.7 Å². The highest BCUT2D eigenvalue weighted by molar-refractivity contribution is 6.36. The largest absolute Gasteiger partial charge is 0.395 e. The van der Waals surface area contributed by atoms with Crippen LogP contribution in [0.1, 0.15) is 23.2 Å². The fourth-order valence-corrected chi connectivity index (χ4v) is 6.18. The van der Waals surface area contributed by atoms with Gasteiger partial charge >= 0.3 is 0 Å². The number of pyridine rings is 2. The third-order valence-corrected chi connectivity index (χ3v) is 8.09. The number of anilines is 2. The predicted octanol–water partition coefficient (Wildman–Crippen LogP) is 3.33. The van der Waals surface area contributed by atoms with E-state index in [1.54, 1.807) is 36.7 Å². The summed E-state index contributed by atoms with van der Waals surface area (Å²) in [6.07, 6.45) is 5.08. The van der Waals surface area contributed by atoms with E-state index in [2.05, 4.69) is 20.4 Å². The van der Waals surface area contributed by atoms with Crippen molar-refractivity contribution in [3.63, 3.8) is 0 Å². The molecule has 4 heterocycles. The molecule has 4 aromatic rings. The van der Waals surface area contributed by atoms with Gasteiger partial charge in [-0.3, -0.25) is 9.59 Å². The van der Waals surface area contributed by atoms with Crippen molar-refractivity contribution in [2.24, 2.45) is 5.92 Å². The number of amides is 1. The third-order valence-electron chi connectivity index (χ3n) is 7.49. The van der Waals surface area contributed by atoms with Crippen LogP contribution in [0.15, 0.2) is 52.0 Å². The molecule has 0 spiro atoms. The molecule has 1 aromatic carbocycles. The van der Waals surface area contributed by atoms with E-state index < -0.39 is 0 Å². The molecule has 3 atom stereocenters. The van der Waals surface area contributed by atoms with Crippen LogP contribution < -0.4 is 21.5 Å². The summed E-state index contributed by atoms with van der Waals surface area (Å²) in [4.78, 5) is 31.9. The van der Waals surface area contributed by atoms with Crippen molar-refractivity contribution in [2.75, 3.05) is 23.8 Å². The molecular weight excluding hydrogens is 531 g/mol. The van der Waals surface area contributed by atoms with Crippen LogP contribution in [0.5, 0.6) is 0 Å². The van der Waals surface area contributed by atoms with Gasteiger partial charge in [0.05, 0.1) is 39.7 Å². The molecule has 1 amide bonds. The molecule has 0 unspecified atom stereocenters. The van der Waals surface area contributed by atoms with E-state index >= 15 is 0 Å². The molecule has 4 N–H and O–H groups in total. The van der Waals surface area contributed by atoms with Crippen LogP contribution in [-0.4, -0.2) is 51.0 Å². The highest BCUT2D eigenvalue weighted by atomic mass is 35.5. The first-order valence-corrected chi connectivity index (χ1v) is 13.0. The summed E-state index contributed by atoms with van der Waals surface area (Å²) in [5, 5.41) is 17.5. The number of carbonyl (C=O) groups excluding carboxylic acids is 1. The second kappa shape index (κ2) is 9.61. The molecule has 6 rings (SSSR count). The van der Waals surface area contributed by atoms with E-state index in [0.29, 0.717) is 38.9 Å². The fourth-order valence-electron chi connectivity index (χ4n) is 5.68. The van der Waals surface area contributed by atoms with Crippen LogP contribution in [0.3, 0.4) is 0 Å². The lowest BCUT2D eigenvalue weighted by Crippen LogP contribution is -2.44. The minimum absolute atomic E-state index is 0.0257. The molecular formula is C26H24Cl2N6O4. The molecule has 0 radical (unpaired) electrons. The summed E-state index contributed by atoms with van der Waals surface area (Å²) >= 11 is 12.8. The topological polar surface area (TPSA) is 140 Å². The Morgan fingerprint density at radius 3 is 2.79 bits per heavy atom. The van der Waals surface area contributed by atoms with Gasteiger partial charge in [0.2, 0.25) is 5.58 Å². The molecule has 1 aliphatic carbocycles. The van der Waals surface area contributed by atoms with Crippen LogP contribution in [0, 0.1) is 5.92 Å². The molecule has 1 aliphatic heterocycles. The average molecular weight is 555 g/mol. The lowest BCUT2D eigenvalue weighted by atomic mass is 10.0. The zero-order chi connectivity index (χ0) is 26.6. The molecule has 2 aliphatic rings. The maximum Gasteiger partial charge on any atom is 0.253 e. The van der Waals surface area contributed by atoms with E-state index in [-0.39, 0.29) is 48.4 Å². The molecule has 2 fully saturated rings. The first kappa shape index (κ1) is 24.7. The van der Waals surface area contributed by atoms with Crippen molar-refractivity contribution in [3.8, 4) is 11.1 Å². The molecule has 1 saturated carbocycles. The van der Waals surface area contributed by atoms with Crippen molar-refractivity contribution in [1.29, 1.82) is 0 Å². The maximum atomic E-state index is 13.3. The van der Waals surface area contributed by atoms with Gasteiger partial charge in [-0.15, -0.1) is 0 Å². The molecule has 10 nitrogen and oxygen atoms in total. The number of aromatic nitrogens is 3. The number of piperidine rings is 1. The number of hydrogen-bond donors (Lipinski definition) is 3. The van der Waals surface area contributed by atoms with Crippen molar-refractivity contribution in [3.05, 3.63) is 68.7 Å². The molecule has 3 aromatic heterocycles. The molecule has 2 bridgehead atoms. The van der Waals surface area contributed by atoms with E-state index in [0.717, 1.165) is 24.0 Å². The first-order chi connectivity index (χ1) is 18.4. The number of nitrogens with one attached hydrogen (secondary N) is 1. The number of aliphatic hydroxyl groups excluding tert-OH is 1. The summed E-state index contributed by atoms with van der Waals surface area (Å²) in [6.45, 7) is 0.758. The summed E-state index contributed by atoms with van der Waals surface area (Å²) in [5.74, 6) is 0.814. The Bertz CT molecular complexity index is 1620. The van der Waals surface area contributed by atoms with Crippen molar-refractivity contribution in [2.45, 2.75) is 31.5 Å². The van der Waals surface area contributed by atoms with E-state index in [4.69, 9.17) is 33.5 Å². The van der Waals surface area contributed by atoms with Gasteiger partial charge in [0.25, 0.3) is 11.5 Å². The Morgan fingerprint density at radius 2 is 2.00 bits per heavy atom. The highest BCUT2D eigenvalue weighted by Gasteiger charge is 2.49. The molecule has 1 saturated heterocycles. The van der Waals surface area contributed by atoms with Crippen molar-refractivity contribution < 1.29 is 14.4 Å². The van der Waals surface area contributed by atoms with Gasteiger partial charge < -0.3 is 30.1 Å². The SMILES string of the molecule is Nc1noc2c(N3C[C@@H]4CC[C@H]3[C@@H]4NC(=O)c3ccc(-c4ccc(=O)n(CCO)c4)cc3Cl)ncc(Cl)c12. The number of nitrogens with two attached hydrogens (primary N) is 1. The summed E-state index contributed by atoms with van der Waals surface area (Å²) in [7, 11) is 0. The van der Waals surface area contributed by atoms with E-state index in [9.17, 15) is 14.7 Å². The van der Waals surface area contributed by atoms with Crippen LogP contribution in [0.2, 0.25) is 10.0 Å². The maximum absolute atomic E-state index is 13.3. The number of benzene rings is 1. The van der Waals surface area contributed by atoms with Gasteiger partial charge in [-0.1, -0.05) is 34.4 Å². The van der Waals surface area contributed by atoms with Gasteiger partial charge in [0.15, 0.2) is 11.6 Å². The first-order valence-electron chi connectivity index (χ1n) is 12.2. The number of fused-ring (bicyclic) bond motifs is 3. The standard InChI is InChI=1S/C26H24Cl2N6O4/c27-17-9-13(14-3-6-20(36)33(11-14)7-8-35)1-4-16(17)26(37)31-22-15-2-5-19(22)34(12-15)25-23-21(18(28)10-30-25)24(29)32-38-23/h1,3-4,6,9-11,15,19,22,35H,2,5,7-8,12H2,(H2,29,32)(H,31,37)/t15-,19-,22+/m0/s1. The van der Waals surface area contributed by atoms with E-state index in [1.807, 2.05) is 0 Å². The van der Waals surface area contributed by atoms with Gasteiger partial charge in [0, 0.05) is 31.5 Å². The second-order valence-corrected chi connectivity index (χ2v) is 10.4. The number of rotatable bonds is 6. The van der Waals surface area contributed by atoms with Gasteiger partial charge in [-0.25, -0.2) is 4.98 Å². The number of nitrogen functional groups attached to an aromatic ring is 1.